The largest absolute Gasteiger partial charge is 0.462 e. The number of carbonyl (C=O) groups excluding carboxylic acids is 1. The summed E-state index contributed by atoms with van der Waals surface area (Å²) in [4.78, 5) is 11.5. The van der Waals surface area contributed by atoms with Crippen molar-refractivity contribution < 1.29 is 24.9 Å². The summed E-state index contributed by atoms with van der Waals surface area (Å²) in [7, 11) is 0. The van der Waals surface area contributed by atoms with Gasteiger partial charge >= 0.3 is 5.97 Å². The van der Waals surface area contributed by atoms with E-state index in [0.29, 0.717) is 0 Å². The Morgan fingerprint density at radius 1 is 1.11 bits per heavy atom. The van der Waals surface area contributed by atoms with Gasteiger partial charge in [0.1, 0.15) is 6.61 Å². The zero-order valence-electron chi connectivity index (χ0n) is 10.5. The van der Waals surface area contributed by atoms with E-state index in [9.17, 15) is 4.79 Å². The Balaban J connectivity index is 2.50. The maximum atomic E-state index is 11.5. The van der Waals surface area contributed by atoms with Gasteiger partial charge in [0.05, 0.1) is 25.2 Å². The van der Waals surface area contributed by atoms with E-state index in [2.05, 4.69) is 0 Å². The molecule has 19 heavy (non-hydrogen) atoms. The number of benzene rings is 1. The first-order valence-electron chi connectivity index (χ1n) is 5.88. The van der Waals surface area contributed by atoms with Crippen molar-refractivity contribution in [2.45, 2.75) is 0 Å². The van der Waals surface area contributed by atoms with E-state index in [0.717, 1.165) is 5.56 Å². The molecule has 0 aliphatic heterocycles. The molecule has 0 unspecified atom stereocenters. The zero-order valence-corrected chi connectivity index (χ0v) is 10.5. The maximum absolute atomic E-state index is 11.5. The lowest BCUT2D eigenvalue weighted by atomic mass is 9.93. The van der Waals surface area contributed by atoms with E-state index in [4.69, 9.17) is 20.1 Å². The van der Waals surface area contributed by atoms with E-state index in [-0.39, 0.29) is 6.61 Å². The third-order valence-electron chi connectivity index (χ3n) is 2.74. The molecule has 0 amide bonds. The van der Waals surface area contributed by atoms with Crippen LogP contribution in [0.3, 0.4) is 0 Å². The van der Waals surface area contributed by atoms with Crippen LogP contribution in [-0.2, 0) is 9.53 Å². The Bertz CT molecular complexity index is 401. The van der Waals surface area contributed by atoms with Crippen molar-refractivity contribution in [2.75, 3.05) is 26.4 Å². The molecule has 0 heterocycles. The third kappa shape index (κ3) is 4.82. The highest BCUT2D eigenvalue weighted by Crippen LogP contribution is 2.15. The van der Waals surface area contributed by atoms with Crippen molar-refractivity contribution in [1.29, 1.82) is 0 Å². The van der Waals surface area contributed by atoms with Crippen LogP contribution in [0.2, 0.25) is 0 Å². The maximum Gasteiger partial charge on any atom is 0.330 e. The molecule has 104 valence electrons. The van der Waals surface area contributed by atoms with Crippen molar-refractivity contribution in [2.24, 2.45) is 5.41 Å². The van der Waals surface area contributed by atoms with Crippen molar-refractivity contribution in [3.8, 4) is 0 Å². The van der Waals surface area contributed by atoms with Crippen LogP contribution < -0.4 is 0 Å². The predicted molar refractivity (Wildman–Crippen MR) is 70.1 cm³/mol. The SMILES string of the molecule is O=C(C=Cc1ccccc1)OCC(CO)(CO)CO. The molecule has 0 fully saturated rings. The molecule has 5 nitrogen and oxygen atoms in total. The lowest BCUT2D eigenvalue weighted by Gasteiger charge is -2.26. The van der Waals surface area contributed by atoms with Crippen LogP contribution in [0.1, 0.15) is 5.56 Å². The summed E-state index contributed by atoms with van der Waals surface area (Å²) >= 11 is 0. The van der Waals surface area contributed by atoms with Crippen molar-refractivity contribution in [3.63, 3.8) is 0 Å². The van der Waals surface area contributed by atoms with E-state index >= 15 is 0 Å². The molecule has 3 N–H and O–H groups in total. The molecule has 0 saturated carbocycles. The number of ether oxygens (including phenoxy) is 1. The van der Waals surface area contributed by atoms with Crippen LogP contribution in [0.25, 0.3) is 6.08 Å². The van der Waals surface area contributed by atoms with E-state index in [1.54, 1.807) is 6.08 Å². The first kappa shape index (κ1) is 15.4. The Morgan fingerprint density at radius 2 is 1.68 bits per heavy atom. The molecule has 0 aromatic heterocycles. The molecule has 0 aliphatic rings. The second-order valence-corrected chi connectivity index (χ2v) is 4.33. The summed E-state index contributed by atoms with van der Waals surface area (Å²) in [5.74, 6) is -0.594. The molecule has 0 spiro atoms. The molecule has 1 aromatic carbocycles. The van der Waals surface area contributed by atoms with Gasteiger partial charge in [-0.25, -0.2) is 4.79 Å². The zero-order chi connectivity index (χ0) is 14.1. The van der Waals surface area contributed by atoms with Gasteiger partial charge in [-0.2, -0.15) is 0 Å². The number of rotatable bonds is 7. The number of esters is 1. The number of hydrogen-bond acceptors (Lipinski definition) is 5. The lowest BCUT2D eigenvalue weighted by molar-refractivity contribution is -0.145. The molecule has 0 bridgehead atoms. The van der Waals surface area contributed by atoms with Crippen molar-refractivity contribution in [3.05, 3.63) is 42.0 Å². The van der Waals surface area contributed by atoms with Crippen LogP contribution in [0.5, 0.6) is 0 Å². The van der Waals surface area contributed by atoms with Crippen LogP contribution in [0, 0.1) is 5.41 Å². The van der Waals surface area contributed by atoms with Gasteiger partial charge in [-0.05, 0) is 11.6 Å². The summed E-state index contributed by atoms with van der Waals surface area (Å²) in [6.07, 6.45) is 2.85. The fourth-order valence-electron chi connectivity index (χ4n) is 1.29. The Labute approximate surface area is 111 Å². The molecule has 0 radical (unpaired) electrons. The number of hydrogen-bond donors (Lipinski definition) is 3. The minimum absolute atomic E-state index is 0.242. The first-order chi connectivity index (χ1) is 9.15. The second-order valence-electron chi connectivity index (χ2n) is 4.33. The van der Waals surface area contributed by atoms with Gasteiger partial charge in [0.25, 0.3) is 0 Å². The predicted octanol–water partition coefficient (Wildman–Crippen LogP) is 0.206. The molecule has 0 atom stereocenters. The highest BCUT2D eigenvalue weighted by atomic mass is 16.5. The summed E-state index contributed by atoms with van der Waals surface area (Å²) in [5.41, 5.74) is -0.340. The number of carbonyl (C=O) groups is 1. The number of aliphatic hydroxyl groups excluding tert-OH is 3. The topological polar surface area (TPSA) is 87.0 Å². The molecular weight excluding hydrogens is 248 g/mol. The smallest absolute Gasteiger partial charge is 0.330 e. The quantitative estimate of drug-likeness (QED) is 0.485. The summed E-state index contributed by atoms with van der Waals surface area (Å²) in [6, 6.07) is 9.23. The van der Waals surface area contributed by atoms with Gasteiger partial charge in [0.15, 0.2) is 0 Å². The molecule has 5 heteroatoms. The average Bonchev–Trinajstić information content (AvgIpc) is 2.48. The summed E-state index contributed by atoms with van der Waals surface area (Å²) < 4.78 is 4.90. The van der Waals surface area contributed by atoms with Gasteiger partial charge in [-0.1, -0.05) is 30.3 Å². The van der Waals surface area contributed by atoms with Crippen LogP contribution in [-0.4, -0.2) is 47.7 Å². The van der Waals surface area contributed by atoms with Gasteiger partial charge in [-0.3, -0.25) is 0 Å². The average molecular weight is 266 g/mol. The minimum Gasteiger partial charge on any atom is -0.462 e. The third-order valence-corrected chi connectivity index (χ3v) is 2.74. The van der Waals surface area contributed by atoms with E-state index in [1.807, 2.05) is 30.3 Å². The Hall–Kier alpha value is -1.69. The molecule has 0 saturated heterocycles. The fraction of sp³-hybridized carbons (Fsp3) is 0.357. The summed E-state index contributed by atoms with van der Waals surface area (Å²) in [6.45, 7) is -1.63. The Morgan fingerprint density at radius 3 is 2.21 bits per heavy atom. The van der Waals surface area contributed by atoms with Crippen molar-refractivity contribution in [1.82, 2.24) is 0 Å². The van der Waals surface area contributed by atoms with Crippen LogP contribution in [0.15, 0.2) is 36.4 Å². The molecular formula is C14H18O5. The molecule has 1 aromatic rings. The van der Waals surface area contributed by atoms with E-state index < -0.39 is 31.2 Å². The standard InChI is InChI=1S/C14H18O5/c15-8-14(9-16,10-17)11-19-13(18)7-6-12-4-2-1-3-5-12/h1-7,15-17H,8-11H2. The minimum atomic E-state index is -1.20. The number of aliphatic hydroxyl groups is 3. The van der Waals surface area contributed by atoms with Gasteiger partial charge in [0, 0.05) is 6.08 Å². The monoisotopic (exact) mass is 266 g/mol. The van der Waals surface area contributed by atoms with Gasteiger partial charge in [-0.15, -0.1) is 0 Å². The lowest BCUT2D eigenvalue weighted by Crippen LogP contribution is -2.39. The van der Waals surface area contributed by atoms with Gasteiger partial charge < -0.3 is 20.1 Å². The molecule has 0 aliphatic carbocycles. The van der Waals surface area contributed by atoms with Crippen LogP contribution in [0.4, 0.5) is 0 Å². The molecule has 1 rings (SSSR count). The fourth-order valence-corrected chi connectivity index (χ4v) is 1.29. The summed E-state index contributed by atoms with van der Waals surface area (Å²) in [5, 5.41) is 27.2. The van der Waals surface area contributed by atoms with Crippen LogP contribution >= 0.6 is 0 Å². The Kier molecular flexibility index (Phi) is 6.21. The first-order valence-corrected chi connectivity index (χ1v) is 5.88. The normalized spacial score (nSPS) is 11.7. The highest BCUT2D eigenvalue weighted by Gasteiger charge is 2.29. The van der Waals surface area contributed by atoms with E-state index in [1.165, 1.54) is 6.08 Å². The van der Waals surface area contributed by atoms with Crippen molar-refractivity contribution >= 4 is 12.0 Å². The highest BCUT2D eigenvalue weighted by molar-refractivity contribution is 5.87. The second kappa shape index (κ2) is 7.68. The van der Waals surface area contributed by atoms with Gasteiger partial charge in [0.2, 0.25) is 0 Å².